The molecule has 1 unspecified atom stereocenters. The lowest BCUT2D eigenvalue weighted by atomic mass is 9.92. The van der Waals surface area contributed by atoms with E-state index in [2.05, 4.69) is 66.3 Å². The highest BCUT2D eigenvalue weighted by Crippen LogP contribution is 2.56. The molecule has 0 spiro atoms. The summed E-state index contributed by atoms with van der Waals surface area (Å²) < 4.78 is 118. The molecule has 4 fully saturated rings. The van der Waals surface area contributed by atoms with E-state index in [1.165, 1.54) is 227 Å². The molecule has 0 saturated carbocycles. The first kappa shape index (κ1) is 111. The predicted molar refractivity (Wildman–Crippen MR) is 534 cm³/mol. The highest BCUT2D eigenvalue weighted by atomic mass is 35.5. The van der Waals surface area contributed by atoms with E-state index in [1.54, 1.807) is 100 Å². The Morgan fingerprint density at radius 2 is 0.821 bits per heavy atom. The molecule has 4 aliphatic rings. The van der Waals surface area contributed by atoms with Gasteiger partial charge < -0.3 is 78.1 Å². The van der Waals surface area contributed by atoms with Crippen molar-refractivity contribution in [3.63, 3.8) is 0 Å². The number of hydrogen-bond acceptors (Lipinski definition) is 30. The van der Waals surface area contributed by atoms with E-state index in [0.29, 0.717) is 59.7 Å². The smallest absolute Gasteiger partial charge is 0.410 e. The number of nitrogens with two attached hydrogens (primary N) is 2. The summed E-state index contributed by atoms with van der Waals surface area (Å²) in [6, 6.07) is 44.6. The number of benzene rings is 4. The number of aliphatic hydroxyl groups excluding tert-OH is 2. The van der Waals surface area contributed by atoms with Crippen molar-refractivity contribution in [1.29, 1.82) is 10.5 Å². The average Bonchev–Trinajstić information content (AvgIpc) is 1.56. The van der Waals surface area contributed by atoms with Gasteiger partial charge in [0.15, 0.2) is 23.2 Å². The number of nitrogens with zero attached hydrogens (tertiary/aromatic N) is 14. The van der Waals surface area contributed by atoms with Crippen molar-refractivity contribution in [1.82, 2.24) is 58.3 Å². The maximum absolute atomic E-state index is 14.8. The van der Waals surface area contributed by atoms with Crippen LogP contribution in [0.2, 0.25) is 10.0 Å². The summed E-state index contributed by atoms with van der Waals surface area (Å²) in [7, 11) is -8.16. The average molecular weight is 2020 g/mol. The molecule has 4 saturated heterocycles. The number of ether oxygens (including phenoxy) is 10. The highest BCUT2D eigenvalue weighted by molar-refractivity contribution is 7.55. The zero-order chi connectivity index (χ0) is 99.3. The second-order valence-electron chi connectivity index (χ2n) is 36.5. The van der Waals surface area contributed by atoms with Gasteiger partial charge in [-0.05, 0) is 100 Å². The minimum absolute atomic E-state index is 0.0215. The Morgan fingerprint density at radius 1 is 0.443 bits per heavy atom. The Hall–Kier alpha value is -8.94. The van der Waals surface area contributed by atoms with Gasteiger partial charge in [-0.2, -0.15) is 20.7 Å². The summed E-state index contributed by atoms with van der Waals surface area (Å²) in [6.45, 7) is 13.5. The molecule has 10 heterocycles. The van der Waals surface area contributed by atoms with Crippen LogP contribution in [0.25, 0.3) is 11.0 Å². The standard InChI is InChI=1S/C49H69ClN5O9P.C28H50O3.C15H17N5O4.C10H8ClN6O2P/c1-4-5-6-7-8-9-10-11-12-13-14-15-16-17-18-24-31-58-39(33-57-32-38-25-20-19-21-26-38)34-59-65(56,64-42-28-23-22-27-40(42)50)60-35-43-45-46(63-48(2,3)62-45)49(36-51,61-43)44-30-29-41-47(52)53-37-54-55(41)44;1-2-3-4-5-6-7-8-9-10-11-12-13-14-15-16-20-23-31-28(24-29)26-30-25-27-21-18-17-19-22-27;1-14(2)23-11-9(5-21)22-15(6-16,12(11)24-14)10-4-3-8-13(17)18-7-19-20(8)10;11-9-3-1-2-4-10(9)19-20(18,16-7-12-5-14-16)17-8-13-6-15-17/h19-23,25-30,37,39,43,45-46H,4-18,24,31-35H2,1-3H3,(H2,52,53,54);17-19,21-22,28-29H,2-16,20,23-26H2,1H3;3-4,7,9,11-12,21H,5H2,1-2H3,(H2,17,18,19);1-8H/t39-,43-,45-,46-,49+,65?;28-;9-,11-,12-,15+;/m101./s1. The molecule has 14 rings (SSSR count). The van der Waals surface area contributed by atoms with Gasteiger partial charge in [-0.15, -0.1) is 19.1 Å². The summed E-state index contributed by atoms with van der Waals surface area (Å²) in [6.07, 6.45) is 44.6. The number of aromatic nitrogens is 12. The van der Waals surface area contributed by atoms with E-state index in [-0.39, 0.29) is 61.5 Å². The molecule has 10 aromatic rings. The van der Waals surface area contributed by atoms with Gasteiger partial charge in [0.1, 0.15) is 121 Å². The number of fused-ring (bicyclic) bond motifs is 4. The number of nitriles is 2. The number of anilines is 2. The largest absolute Gasteiger partial charge is 0.530 e. The molecule has 11 atom stereocenters. The first-order valence-corrected chi connectivity index (χ1v) is 53.6. The second-order valence-corrected chi connectivity index (χ2v) is 40.9. The molecule has 38 heteroatoms. The fraction of sp³-hybridized carbons (Fsp3) is 0.588. The molecule has 0 radical (unpaired) electrons. The van der Waals surface area contributed by atoms with Crippen LogP contribution in [0.1, 0.15) is 270 Å². The van der Waals surface area contributed by atoms with Gasteiger partial charge in [-0.1, -0.05) is 315 Å². The molecule has 0 bridgehead atoms. The molecule has 140 heavy (non-hydrogen) atoms. The fourth-order valence-corrected chi connectivity index (χ4v) is 20.6. The third-order valence-corrected chi connectivity index (χ3v) is 28.5. The van der Waals surface area contributed by atoms with Crippen LogP contribution in [-0.4, -0.2) is 182 Å². The lowest BCUT2D eigenvalue weighted by Gasteiger charge is -2.29. The van der Waals surface area contributed by atoms with Crippen LogP contribution < -0.4 is 20.5 Å². The zero-order valence-corrected chi connectivity index (χ0v) is 85.3. The molecule has 6 N–H and O–H groups in total. The van der Waals surface area contributed by atoms with Gasteiger partial charge in [0, 0.05) is 13.2 Å². The first-order chi connectivity index (χ1) is 68.0. The van der Waals surface area contributed by atoms with Crippen molar-refractivity contribution in [2.24, 2.45) is 0 Å². The summed E-state index contributed by atoms with van der Waals surface area (Å²) >= 11 is 12.5. The van der Waals surface area contributed by atoms with Crippen LogP contribution in [0.3, 0.4) is 0 Å². The molecule has 0 amide bonds. The molecular formula is C102H144Cl2N16O18P2. The third-order valence-electron chi connectivity index (χ3n) is 24.7. The number of rotatable bonds is 60. The van der Waals surface area contributed by atoms with Gasteiger partial charge in [0.25, 0.3) is 0 Å². The Balaban J connectivity index is 0.000000204. The lowest BCUT2D eigenvalue weighted by molar-refractivity contribution is -0.204. The molecule has 4 aromatic carbocycles. The predicted octanol–water partition coefficient (Wildman–Crippen LogP) is 21.6. The number of halogens is 2. The van der Waals surface area contributed by atoms with Gasteiger partial charge in [-0.25, -0.2) is 38.1 Å². The van der Waals surface area contributed by atoms with E-state index >= 15 is 0 Å². The fourth-order valence-electron chi connectivity index (χ4n) is 17.4. The van der Waals surface area contributed by atoms with Crippen molar-refractivity contribution in [2.75, 3.05) is 64.3 Å². The Labute approximate surface area is 833 Å². The van der Waals surface area contributed by atoms with E-state index in [1.807, 2.05) is 60.7 Å². The molecule has 6 aromatic heterocycles. The van der Waals surface area contributed by atoms with Crippen molar-refractivity contribution < 1.29 is 84.8 Å². The normalized spacial score (nSPS) is 20.3. The summed E-state index contributed by atoms with van der Waals surface area (Å²) in [5.74, 6) is -1.10. The van der Waals surface area contributed by atoms with Gasteiger partial charge >= 0.3 is 15.5 Å². The Bertz CT molecular complexity index is 5360. The summed E-state index contributed by atoms with van der Waals surface area (Å²) in [4.78, 5) is 15.5. The quantitative estimate of drug-likeness (QED) is 0.0203. The Morgan fingerprint density at radius 3 is 1.21 bits per heavy atom. The maximum Gasteiger partial charge on any atom is 0.530 e. The van der Waals surface area contributed by atoms with E-state index < -0.39 is 81.0 Å². The van der Waals surface area contributed by atoms with Crippen LogP contribution in [-0.2, 0) is 90.0 Å². The number of para-hydroxylation sites is 2. The van der Waals surface area contributed by atoms with Crippen molar-refractivity contribution >= 4 is 61.4 Å². The number of hydrogen-bond donors (Lipinski definition) is 4. The lowest BCUT2D eigenvalue weighted by Crippen LogP contribution is -2.40. The van der Waals surface area contributed by atoms with Crippen LogP contribution in [0.4, 0.5) is 11.6 Å². The van der Waals surface area contributed by atoms with Gasteiger partial charge in [-0.3, -0.25) is 9.05 Å². The highest BCUT2D eigenvalue weighted by Gasteiger charge is 2.67. The van der Waals surface area contributed by atoms with Crippen LogP contribution in [0.15, 0.2) is 171 Å². The van der Waals surface area contributed by atoms with Crippen LogP contribution in [0.5, 0.6) is 11.5 Å². The van der Waals surface area contributed by atoms with Crippen molar-refractivity contribution in [3.05, 3.63) is 204 Å². The molecule has 764 valence electrons. The summed E-state index contributed by atoms with van der Waals surface area (Å²) in [5.41, 5.74) is 12.8. The van der Waals surface area contributed by atoms with Crippen LogP contribution >= 0.6 is 38.7 Å². The van der Waals surface area contributed by atoms with E-state index in [0.717, 1.165) is 52.3 Å². The van der Waals surface area contributed by atoms with Gasteiger partial charge in [0.2, 0.25) is 11.2 Å². The first-order valence-electron chi connectivity index (χ1n) is 49.9. The molecule has 0 aliphatic carbocycles. The second kappa shape index (κ2) is 58.1. The van der Waals surface area contributed by atoms with Gasteiger partial charge in [0.05, 0.1) is 74.3 Å². The minimum atomic E-state index is -4.49. The van der Waals surface area contributed by atoms with E-state index in [9.17, 15) is 29.9 Å². The third kappa shape index (κ3) is 33.1. The van der Waals surface area contributed by atoms with E-state index in [4.69, 9.17) is 100 Å². The number of unbranched alkanes of at least 4 members (excludes halogenated alkanes) is 30. The number of phosphoric acid groups is 1. The zero-order valence-electron chi connectivity index (χ0n) is 82.0. The van der Waals surface area contributed by atoms with Crippen LogP contribution in [0, 0.1) is 22.7 Å². The topological polar surface area (TPSA) is 425 Å². The SMILES string of the molecule is CC1(C)O[C@H]2[C@@H](O1)[C@](C#N)(c1ccc3c(N)ncnn13)O[C@@H]2CO.CCCCCCCCCCCCCCCCCCO[C@@H](CO)COCc1ccccc1.CCCCCCCCCCCCCCCCCCO[C@H](COCc1ccccc1)COP(=O)(OC[C@H]1O[C@@](C#N)(c2ccc3c(N)ncnn23)[C@@H]2OC(C)(C)O[C@@H]21)Oc1ccccc1Cl.O=P(Oc1ccccc1Cl)(n1cncn1)n1cncn1. The number of phosphoric ester groups is 1. The number of aliphatic hydroxyl groups is 2. The maximum atomic E-state index is 14.8. The molecular weight excluding hydrogens is 1870 g/mol. The summed E-state index contributed by atoms with van der Waals surface area (Å²) in [5, 5.41) is 56.7. The minimum Gasteiger partial charge on any atom is -0.410 e. The molecule has 4 aliphatic heterocycles. The van der Waals surface area contributed by atoms with Crippen molar-refractivity contribution in [2.45, 2.75) is 332 Å². The number of nitrogen functional groups attached to an aromatic ring is 2. The Kier molecular flexibility index (Phi) is 46.3. The molecule has 34 nitrogen and oxygen atoms in total. The monoisotopic (exact) mass is 2010 g/mol. The van der Waals surface area contributed by atoms with Crippen molar-refractivity contribution in [3.8, 4) is 23.6 Å².